The predicted molar refractivity (Wildman–Crippen MR) is 91.4 cm³/mol. The number of nitrogens with one attached hydrogen (secondary N) is 2. The first-order valence-electron chi connectivity index (χ1n) is 8.38. The Morgan fingerprint density at radius 2 is 1.75 bits per heavy atom. The van der Waals surface area contributed by atoms with Crippen LogP contribution in [0.3, 0.4) is 0 Å². The minimum atomic E-state index is -0.254. The van der Waals surface area contributed by atoms with Gasteiger partial charge in [0, 0.05) is 30.6 Å². The lowest BCUT2D eigenvalue weighted by Crippen LogP contribution is -2.47. The van der Waals surface area contributed by atoms with Gasteiger partial charge in [0.05, 0.1) is 6.54 Å². The van der Waals surface area contributed by atoms with E-state index in [1.54, 1.807) is 29.2 Å². The quantitative estimate of drug-likeness (QED) is 0.850. The molecule has 0 aliphatic carbocycles. The second kappa shape index (κ2) is 8.47. The number of carbonyl (C=O) groups excluding carboxylic acids is 3. The predicted octanol–water partition coefficient (Wildman–Crippen LogP) is 1.18. The van der Waals surface area contributed by atoms with Gasteiger partial charge in [-0.1, -0.05) is 18.2 Å². The Labute approximate surface area is 142 Å². The number of benzene rings is 1. The Hall–Kier alpha value is -2.37. The minimum Gasteiger partial charge on any atom is -0.354 e. The number of piperidine rings is 1. The first kappa shape index (κ1) is 18.0. The van der Waals surface area contributed by atoms with Crippen LogP contribution in [0.25, 0.3) is 0 Å². The molecule has 1 aliphatic heterocycles. The number of amides is 3. The zero-order chi connectivity index (χ0) is 17.5. The molecule has 1 aliphatic rings. The van der Waals surface area contributed by atoms with Crippen molar-refractivity contribution in [2.45, 2.75) is 32.7 Å². The van der Waals surface area contributed by atoms with Crippen molar-refractivity contribution in [2.75, 3.05) is 19.6 Å². The molecule has 0 bridgehead atoms. The molecule has 1 aromatic rings. The van der Waals surface area contributed by atoms with Crippen LogP contribution in [0, 0.1) is 5.92 Å². The molecule has 6 heteroatoms. The molecule has 0 unspecified atom stereocenters. The molecule has 0 atom stereocenters. The number of carbonyl (C=O) groups is 3. The standard InChI is InChI=1S/C18H25N3O3/c1-13(2)20-18(24)15-8-10-21(11-9-15)16(22)12-19-17(23)14-6-4-3-5-7-14/h3-7,13,15H,8-12H2,1-2H3,(H,19,23)(H,20,24). The summed E-state index contributed by atoms with van der Waals surface area (Å²) in [6.45, 7) is 4.96. The van der Waals surface area contributed by atoms with Gasteiger partial charge in [0.2, 0.25) is 11.8 Å². The maximum Gasteiger partial charge on any atom is 0.251 e. The van der Waals surface area contributed by atoms with Crippen molar-refractivity contribution in [2.24, 2.45) is 5.92 Å². The van der Waals surface area contributed by atoms with Gasteiger partial charge in [0.15, 0.2) is 0 Å². The van der Waals surface area contributed by atoms with Gasteiger partial charge in [0.1, 0.15) is 0 Å². The average Bonchev–Trinajstić information content (AvgIpc) is 2.59. The van der Waals surface area contributed by atoms with E-state index in [0.717, 1.165) is 0 Å². The van der Waals surface area contributed by atoms with Crippen molar-refractivity contribution < 1.29 is 14.4 Å². The van der Waals surface area contributed by atoms with Crippen molar-refractivity contribution in [3.05, 3.63) is 35.9 Å². The number of rotatable bonds is 5. The molecule has 1 heterocycles. The van der Waals surface area contributed by atoms with E-state index in [0.29, 0.717) is 31.5 Å². The lowest BCUT2D eigenvalue weighted by Gasteiger charge is -2.31. The maximum absolute atomic E-state index is 12.2. The molecule has 2 rings (SSSR count). The van der Waals surface area contributed by atoms with E-state index >= 15 is 0 Å². The monoisotopic (exact) mass is 331 g/mol. The Bertz CT molecular complexity index is 578. The van der Waals surface area contributed by atoms with Crippen LogP contribution in [-0.4, -0.2) is 48.3 Å². The lowest BCUT2D eigenvalue weighted by atomic mass is 9.95. The first-order valence-corrected chi connectivity index (χ1v) is 8.38. The van der Waals surface area contributed by atoms with Crippen LogP contribution in [0.2, 0.25) is 0 Å². The summed E-state index contributed by atoms with van der Waals surface area (Å²) in [6, 6.07) is 8.94. The van der Waals surface area contributed by atoms with Gasteiger partial charge in [0.25, 0.3) is 5.91 Å². The fourth-order valence-corrected chi connectivity index (χ4v) is 2.75. The molecule has 24 heavy (non-hydrogen) atoms. The molecule has 0 aromatic heterocycles. The van der Waals surface area contributed by atoms with E-state index in [4.69, 9.17) is 0 Å². The van der Waals surface area contributed by atoms with E-state index in [2.05, 4.69) is 10.6 Å². The number of hydrogen-bond donors (Lipinski definition) is 2. The molecular weight excluding hydrogens is 306 g/mol. The normalized spacial score (nSPS) is 15.2. The van der Waals surface area contributed by atoms with Crippen LogP contribution >= 0.6 is 0 Å². The van der Waals surface area contributed by atoms with Crippen molar-refractivity contribution in [1.82, 2.24) is 15.5 Å². The summed E-state index contributed by atoms with van der Waals surface area (Å²) >= 11 is 0. The Kier molecular flexibility index (Phi) is 6.35. The Morgan fingerprint density at radius 1 is 1.12 bits per heavy atom. The third-order valence-electron chi connectivity index (χ3n) is 4.09. The van der Waals surface area contributed by atoms with E-state index in [9.17, 15) is 14.4 Å². The van der Waals surface area contributed by atoms with Crippen LogP contribution < -0.4 is 10.6 Å². The lowest BCUT2D eigenvalue weighted by molar-refractivity contribution is -0.135. The topological polar surface area (TPSA) is 78.5 Å². The van der Waals surface area contributed by atoms with Gasteiger partial charge in [-0.15, -0.1) is 0 Å². The average molecular weight is 331 g/mol. The molecule has 1 aromatic carbocycles. The van der Waals surface area contributed by atoms with Crippen LogP contribution in [0.4, 0.5) is 0 Å². The van der Waals surface area contributed by atoms with Gasteiger partial charge in [-0.3, -0.25) is 14.4 Å². The van der Waals surface area contributed by atoms with Crippen molar-refractivity contribution >= 4 is 17.7 Å². The zero-order valence-electron chi connectivity index (χ0n) is 14.2. The van der Waals surface area contributed by atoms with Crippen LogP contribution in [0.5, 0.6) is 0 Å². The second-order valence-corrected chi connectivity index (χ2v) is 6.37. The number of nitrogens with zero attached hydrogens (tertiary/aromatic N) is 1. The molecule has 0 spiro atoms. The van der Waals surface area contributed by atoms with Crippen LogP contribution in [0.15, 0.2) is 30.3 Å². The van der Waals surface area contributed by atoms with Crippen LogP contribution in [0.1, 0.15) is 37.0 Å². The van der Waals surface area contributed by atoms with Gasteiger partial charge in [-0.2, -0.15) is 0 Å². The largest absolute Gasteiger partial charge is 0.354 e. The fraction of sp³-hybridized carbons (Fsp3) is 0.500. The fourth-order valence-electron chi connectivity index (χ4n) is 2.75. The molecule has 0 radical (unpaired) electrons. The van der Waals surface area contributed by atoms with Crippen molar-refractivity contribution in [3.63, 3.8) is 0 Å². The van der Waals surface area contributed by atoms with Crippen LogP contribution in [-0.2, 0) is 9.59 Å². The summed E-state index contributed by atoms with van der Waals surface area (Å²) in [4.78, 5) is 37.8. The first-order chi connectivity index (χ1) is 11.5. The highest BCUT2D eigenvalue weighted by atomic mass is 16.2. The Morgan fingerprint density at radius 3 is 2.33 bits per heavy atom. The SMILES string of the molecule is CC(C)NC(=O)C1CCN(C(=O)CNC(=O)c2ccccc2)CC1. The third kappa shape index (κ3) is 5.08. The smallest absolute Gasteiger partial charge is 0.251 e. The van der Waals surface area contributed by atoms with E-state index in [1.165, 1.54) is 0 Å². The zero-order valence-corrected chi connectivity index (χ0v) is 14.2. The summed E-state index contributed by atoms with van der Waals surface area (Å²) in [5.74, 6) is -0.331. The Balaban J connectivity index is 1.75. The van der Waals surface area contributed by atoms with E-state index in [1.807, 2.05) is 19.9 Å². The summed E-state index contributed by atoms with van der Waals surface area (Å²) < 4.78 is 0. The maximum atomic E-state index is 12.2. The highest BCUT2D eigenvalue weighted by Gasteiger charge is 2.27. The molecule has 1 fully saturated rings. The highest BCUT2D eigenvalue weighted by molar-refractivity contribution is 5.96. The molecule has 6 nitrogen and oxygen atoms in total. The third-order valence-corrected chi connectivity index (χ3v) is 4.09. The molecule has 2 N–H and O–H groups in total. The summed E-state index contributed by atoms with van der Waals surface area (Å²) in [5.41, 5.74) is 0.536. The molecule has 130 valence electrons. The van der Waals surface area contributed by atoms with Crippen molar-refractivity contribution in [3.8, 4) is 0 Å². The van der Waals surface area contributed by atoms with Crippen molar-refractivity contribution in [1.29, 1.82) is 0 Å². The second-order valence-electron chi connectivity index (χ2n) is 6.37. The molecule has 3 amide bonds. The van der Waals surface area contributed by atoms with E-state index in [-0.39, 0.29) is 36.2 Å². The molecular formula is C18H25N3O3. The number of hydrogen-bond acceptors (Lipinski definition) is 3. The number of likely N-dealkylation sites (tertiary alicyclic amines) is 1. The molecule has 1 saturated heterocycles. The van der Waals surface area contributed by atoms with Gasteiger partial charge < -0.3 is 15.5 Å². The minimum absolute atomic E-state index is 0.0173. The van der Waals surface area contributed by atoms with Gasteiger partial charge in [-0.05, 0) is 38.8 Å². The summed E-state index contributed by atoms with van der Waals surface area (Å²) in [5, 5.41) is 5.56. The molecule has 0 saturated carbocycles. The van der Waals surface area contributed by atoms with Gasteiger partial charge >= 0.3 is 0 Å². The summed E-state index contributed by atoms with van der Waals surface area (Å²) in [7, 11) is 0. The highest BCUT2D eigenvalue weighted by Crippen LogP contribution is 2.17. The van der Waals surface area contributed by atoms with Gasteiger partial charge in [-0.25, -0.2) is 0 Å². The van der Waals surface area contributed by atoms with E-state index < -0.39 is 0 Å². The summed E-state index contributed by atoms with van der Waals surface area (Å²) in [6.07, 6.45) is 1.33.